The van der Waals surface area contributed by atoms with Crippen LogP contribution >= 0.6 is 11.6 Å². The van der Waals surface area contributed by atoms with E-state index in [0.717, 1.165) is 22.2 Å². The van der Waals surface area contributed by atoms with Gasteiger partial charge in [-0.15, -0.1) is 0 Å². The highest BCUT2D eigenvalue weighted by molar-refractivity contribution is 6.32. The Hall–Kier alpha value is -1.50. The van der Waals surface area contributed by atoms with Crippen LogP contribution in [0.1, 0.15) is 25.1 Å². The minimum atomic E-state index is -0.200. The van der Waals surface area contributed by atoms with Gasteiger partial charge in [0.2, 0.25) is 0 Å². The lowest BCUT2D eigenvalue weighted by Gasteiger charge is -2.15. The monoisotopic (exact) mass is 276 g/mol. The van der Waals surface area contributed by atoms with E-state index in [4.69, 9.17) is 16.3 Å². The van der Waals surface area contributed by atoms with E-state index in [9.17, 15) is 0 Å². The van der Waals surface area contributed by atoms with E-state index in [-0.39, 0.29) is 5.41 Å². The molecule has 2 rings (SSSR count). The molecule has 0 fully saturated rings. The molecule has 2 aromatic rings. The summed E-state index contributed by atoms with van der Waals surface area (Å²) in [6.07, 6.45) is 0. The first-order valence-electron chi connectivity index (χ1n) is 6.09. The maximum Gasteiger partial charge on any atom is 0.0937 e. The van der Waals surface area contributed by atoms with Gasteiger partial charge in [-0.25, -0.2) is 0 Å². The minimum absolute atomic E-state index is 0.200. The molecule has 0 unspecified atom stereocenters. The van der Waals surface area contributed by atoms with Crippen molar-refractivity contribution in [2.24, 2.45) is 5.41 Å². The van der Waals surface area contributed by atoms with Crippen molar-refractivity contribution in [2.45, 2.75) is 20.8 Å². The molecular formula is C15H17ClN2O. The van der Waals surface area contributed by atoms with Crippen molar-refractivity contribution in [3.63, 3.8) is 0 Å². The number of nitrogens with zero attached hydrogens (tertiary/aromatic N) is 1. The molecule has 4 heteroatoms. The quantitative estimate of drug-likeness (QED) is 0.852. The lowest BCUT2D eigenvalue weighted by Crippen LogP contribution is -2.15. The normalized spacial score (nSPS) is 11.4. The molecule has 0 aliphatic heterocycles. The summed E-state index contributed by atoms with van der Waals surface area (Å²) in [6, 6.07) is 3.82. The molecule has 1 N–H and O–H groups in total. The third-order valence-electron chi connectivity index (χ3n) is 2.87. The molecule has 0 atom stereocenters. The molecular weight excluding hydrogens is 260 g/mol. The van der Waals surface area contributed by atoms with Gasteiger partial charge in [0, 0.05) is 29.2 Å². The number of aromatic amines is 1. The Morgan fingerprint density at radius 1 is 1.42 bits per heavy atom. The van der Waals surface area contributed by atoms with Crippen LogP contribution in [0, 0.1) is 24.2 Å². The van der Waals surface area contributed by atoms with Gasteiger partial charge in [0.1, 0.15) is 0 Å². The number of halogens is 1. The zero-order valence-corrected chi connectivity index (χ0v) is 12.4. The third kappa shape index (κ3) is 3.09. The fraction of sp³-hybridized carbons (Fsp3) is 0.400. The van der Waals surface area contributed by atoms with Crippen LogP contribution in [0.5, 0.6) is 0 Å². The van der Waals surface area contributed by atoms with Gasteiger partial charge in [-0.2, -0.15) is 5.10 Å². The van der Waals surface area contributed by atoms with Crippen molar-refractivity contribution >= 4 is 22.5 Å². The SMILES string of the molecule is COCC(C)(C)C#Cc1cc2n[nH]c(C)c2cc1Cl. The number of aryl methyl sites for hydroxylation is 1. The molecule has 1 aromatic carbocycles. The van der Waals surface area contributed by atoms with E-state index in [1.165, 1.54) is 0 Å². The molecule has 0 spiro atoms. The predicted molar refractivity (Wildman–Crippen MR) is 78.4 cm³/mol. The van der Waals surface area contributed by atoms with E-state index >= 15 is 0 Å². The number of aromatic nitrogens is 2. The summed E-state index contributed by atoms with van der Waals surface area (Å²) in [6.45, 7) is 6.63. The van der Waals surface area contributed by atoms with E-state index in [1.54, 1.807) is 7.11 Å². The Morgan fingerprint density at radius 2 is 2.16 bits per heavy atom. The van der Waals surface area contributed by atoms with Crippen molar-refractivity contribution in [1.29, 1.82) is 0 Å². The summed E-state index contributed by atoms with van der Waals surface area (Å²) >= 11 is 6.26. The standard InChI is InChI=1S/C15H17ClN2O/c1-10-12-8-13(16)11(7-14(12)18-17-10)5-6-15(2,3)9-19-4/h7-8H,9H2,1-4H3,(H,17,18). The summed E-state index contributed by atoms with van der Waals surface area (Å²) in [5, 5.41) is 8.86. The molecule has 19 heavy (non-hydrogen) atoms. The summed E-state index contributed by atoms with van der Waals surface area (Å²) in [7, 11) is 1.68. The number of benzene rings is 1. The highest BCUT2D eigenvalue weighted by atomic mass is 35.5. The van der Waals surface area contributed by atoms with Crippen LogP contribution in [0.4, 0.5) is 0 Å². The zero-order valence-electron chi connectivity index (χ0n) is 11.6. The number of fused-ring (bicyclic) bond motifs is 1. The van der Waals surface area contributed by atoms with Gasteiger partial charge in [-0.3, -0.25) is 5.10 Å². The van der Waals surface area contributed by atoms with Gasteiger partial charge in [0.05, 0.1) is 17.1 Å². The second-order valence-electron chi connectivity index (χ2n) is 5.26. The van der Waals surface area contributed by atoms with Crippen LogP contribution in [0.25, 0.3) is 10.9 Å². The molecule has 0 saturated carbocycles. The number of hydrogen-bond acceptors (Lipinski definition) is 2. The first kappa shape index (κ1) is 13.9. The van der Waals surface area contributed by atoms with Gasteiger partial charge in [-0.1, -0.05) is 23.4 Å². The minimum Gasteiger partial charge on any atom is -0.383 e. The molecule has 0 amide bonds. The molecule has 0 saturated heterocycles. The Balaban J connectivity index is 2.41. The molecule has 1 heterocycles. The van der Waals surface area contributed by atoms with Crippen LogP contribution in [0.2, 0.25) is 5.02 Å². The number of rotatable bonds is 2. The summed E-state index contributed by atoms with van der Waals surface area (Å²) < 4.78 is 5.15. The van der Waals surface area contributed by atoms with Gasteiger partial charge < -0.3 is 4.74 Å². The molecule has 100 valence electrons. The third-order valence-corrected chi connectivity index (χ3v) is 3.19. The van der Waals surface area contributed by atoms with Gasteiger partial charge in [-0.05, 0) is 32.9 Å². The molecule has 0 aliphatic carbocycles. The van der Waals surface area contributed by atoms with Crippen LogP contribution < -0.4 is 0 Å². The number of nitrogens with one attached hydrogen (secondary N) is 1. The largest absolute Gasteiger partial charge is 0.383 e. The van der Waals surface area contributed by atoms with Crippen molar-refractivity contribution in [2.75, 3.05) is 13.7 Å². The second kappa shape index (κ2) is 5.24. The fourth-order valence-corrected chi connectivity index (χ4v) is 2.10. The molecule has 3 nitrogen and oxygen atoms in total. The van der Waals surface area contributed by atoms with E-state index in [2.05, 4.69) is 22.0 Å². The smallest absolute Gasteiger partial charge is 0.0937 e. The summed E-state index contributed by atoms with van der Waals surface area (Å²) in [5.74, 6) is 6.31. The van der Waals surface area contributed by atoms with E-state index in [1.807, 2.05) is 32.9 Å². The number of methoxy groups -OCH3 is 1. The van der Waals surface area contributed by atoms with E-state index < -0.39 is 0 Å². The summed E-state index contributed by atoms with van der Waals surface area (Å²) in [4.78, 5) is 0. The first-order chi connectivity index (χ1) is 8.93. The lowest BCUT2D eigenvalue weighted by molar-refractivity contribution is 0.137. The first-order valence-corrected chi connectivity index (χ1v) is 6.47. The van der Waals surface area contributed by atoms with Gasteiger partial charge >= 0.3 is 0 Å². The van der Waals surface area contributed by atoms with E-state index in [0.29, 0.717) is 11.6 Å². The number of ether oxygens (including phenoxy) is 1. The molecule has 0 bridgehead atoms. The molecule has 0 aliphatic rings. The Morgan fingerprint density at radius 3 is 2.84 bits per heavy atom. The number of H-pyrrole nitrogens is 1. The summed E-state index contributed by atoms with van der Waals surface area (Å²) in [5.41, 5.74) is 2.49. The van der Waals surface area contributed by atoms with Gasteiger partial charge in [0.25, 0.3) is 0 Å². The maximum atomic E-state index is 6.26. The predicted octanol–water partition coefficient (Wildman–Crippen LogP) is 3.55. The Kier molecular flexibility index (Phi) is 3.84. The highest BCUT2D eigenvalue weighted by Gasteiger charge is 2.13. The van der Waals surface area contributed by atoms with Crippen molar-refractivity contribution in [3.05, 3.63) is 28.4 Å². The van der Waals surface area contributed by atoms with Crippen LogP contribution in [0.3, 0.4) is 0 Å². The average molecular weight is 277 g/mol. The molecule has 1 aromatic heterocycles. The lowest BCUT2D eigenvalue weighted by atomic mass is 9.95. The Bertz CT molecular complexity index is 662. The Labute approximate surface area is 118 Å². The maximum absolute atomic E-state index is 6.26. The van der Waals surface area contributed by atoms with Crippen molar-refractivity contribution < 1.29 is 4.74 Å². The second-order valence-corrected chi connectivity index (χ2v) is 5.67. The zero-order chi connectivity index (χ0) is 14.0. The number of hydrogen-bond donors (Lipinski definition) is 1. The highest BCUT2D eigenvalue weighted by Crippen LogP contribution is 2.24. The van der Waals surface area contributed by atoms with Gasteiger partial charge in [0.15, 0.2) is 0 Å². The topological polar surface area (TPSA) is 37.9 Å². The van der Waals surface area contributed by atoms with Crippen LogP contribution in [0.15, 0.2) is 12.1 Å². The van der Waals surface area contributed by atoms with Crippen molar-refractivity contribution in [3.8, 4) is 11.8 Å². The van der Waals surface area contributed by atoms with Crippen molar-refractivity contribution in [1.82, 2.24) is 10.2 Å². The molecule has 0 radical (unpaired) electrons. The average Bonchev–Trinajstić information content (AvgIpc) is 2.68. The van der Waals surface area contributed by atoms with Crippen LogP contribution in [-0.4, -0.2) is 23.9 Å². The fourth-order valence-electron chi connectivity index (χ4n) is 1.89. The van der Waals surface area contributed by atoms with Crippen LogP contribution in [-0.2, 0) is 4.74 Å².